The van der Waals surface area contributed by atoms with Gasteiger partial charge in [-0.3, -0.25) is 9.78 Å². The van der Waals surface area contributed by atoms with Crippen molar-refractivity contribution in [3.63, 3.8) is 0 Å². The molecule has 0 saturated heterocycles. The van der Waals surface area contributed by atoms with Gasteiger partial charge in [-0.25, -0.2) is 0 Å². The molecule has 0 aliphatic heterocycles. The monoisotopic (exact) mass is 550 g/mol. The molecule has 5 aromatic rings. The van der Waals surface area contributed by atoms with Gasteiger partial charge in [0.05, 0.1) is 11.1 Å². The molecule has 12 heteroatoms. The van der Waals surface area contributed by atoms with Gasteiger partial charge in [-0.2, -0.15) is 13.2 Å². The lowest BCUT2D eigenvalue weighted by molar-refractivity contribution is -0.143. The van der Waals surface area contributed by atoms with Gasteiger partial charge in [0.25, 0.3) is 11.7 Å². The summed E-state index contributed by atoms with van der Waals surface area (Å²) in [6, 6.07) is 11.8. The maximum Gasteiger partial charge on any atom is 0.432 e. The molecule has 3 heterocycles. The number of halogens is 6. The summed E-state index contributed by atoms with van der Waals surface area (Å²) >= 11 is 18.3. The van der Waals surface area contributed by atoms with E-state index in [1.807, 2.05) is 0 Å². The molecule has 182 valence electrons. The fourth-order valence-corrected chi connectivity index (χ4v) is 4.50. The number of hydrogen-bond donors (Lipinski definition) is 0. The van der Waals surface area contributed by atoms with E-state index in [1.54, 1.807) is 12.1 Å². The molecule has 36 heavy (non-hydrogen) atoms. The molecule has 5 rings (SSSR count). The Morgan fingerprint density at radius 1 is 1.00 bits per heavy atom. The van der Waals surface area contributed by atoms with Crippen molar-refractivity contribution in [3.8, 4) is 11.5 Å². The van der Waals surface area contributed by atoms with Crippen molar-refractivity contribution in [2.45, 2.75) is 12.7 Å². The van der Waals surface area contributed by atoms with E-state index in [1.165, 1.54) is 48.8 Å². The Morgan fingerprint density at radius 3 is 2.44 bits per heavy atom. The minimum absolute atomic E-state index is 0.0222. The summed E-state index contributed by atoms with van der Waals surface area (Å²) in [5.41, 5.74) is -0.964. The minimum Gasteiger partial charge on any atom is -0.413 e. The molecule has 0 fully saturated rings. The summed E-state index contributed by atoms with van der Waals surface area (Å²) in [6.07, 6.45) is -1.99. The molecular formula is C24H12Cl3F3N4O2. The summed E-state index contributed by atoms with van der Waals surface area (Å²) in [5.74, 6) is -1.77. The van der Waals surface area contributed by atoms with Crippen LogP contribution in [-0.4, -0.2) is 25.5 Å². The van der Waals surface area contributed by atoms with Gasteiger partial charge >= 0.3 is 6.18 Å². The van der Waals surface area contributed by atoms with Crippen LogP contribution >= 0.6 is 34.8 Å². The Kier molecular flexibility index (Phi) is 6.23. The van der Waals surface area contributed by atoms with Crippen molar-refractivity contribution < 1.29 is 22.4 Å². The normalized spacial score (nSPS) is 11.8. The Balaban J connectivity index is 1.71. The molecule has 0 aliphatic carbocycles. The zero-order valence-corrected chi connectivity index (χ0v) is 20.1. The molecule has 0 amide bonds. The minimum atomic E-state index is -4.93. The lowest BCUT2D eigenvalue weighted by atomic mass is 10.1. The maximum absolute atomic E-state index is 14.5. The van der Waals surface area contributed by atoms with Gasteiger partial charge in [0.1, 0.15) is 5.69 Å². The number of rotatable bonds is 5. The van der Waals surface area contributed by atoms with Crippen LogP contribution in [0, 0.1) is 0 Å². The van der Waals surface area contributed by atoms with Crippen molar-refractivity contribution in [2.75, 3.05) is 0 Å². The van der Waals surface area contributed by atoms with E-state index in [4.69, 9.17) is 39.2 Å². The van der Waals surface area contributed by atoms with Crippen LogP contribution in [-0.2, 0) is 12.7 Å². The fourth-order valence-electron chi connectivity index (χ4n) is 3.86. The lowest BCUT2D eigenvalue weighted by Crippen LogP contribution is -2.19. The molecule has 0 spiro atoms. The van der Waals surface area contributed by atoms with Crippen molar-refractivity contribution in [3.05, 3.63) is 98.7 Å². The highest BCUT2D eigenvalue weighted by molar-refractivity contribution is 6.35. The van der Waals surface area contributed by atoms with Gasteiger partial charge in [0, 0.05) is 44.9 Å². The van der Waals surface area contributed by atoms with Gasteiger partial charge in [-0.05, 0) is 48.0 Å². The number of carbonyl (C=O) groups is 1. The summed E-state index contributed by atoms with van der Waals surface area (Å²) in [7, 11) is 0. The van der Waals surface area contributed by atoms with Crippen LogP contribution in [0.5, 0.6) is 0 Å². The topological polar surface area (TPSA) is 73.8 Å². The number of pyridine rings is 1. The van der Waals surface area contributed by atoms with Gasteiger partial charge in [0.15, 0.2) is 0 Å². The molecule has 0 saturated carbocycles. The van der Waals surface area contributed by atoms with Gasteiger partial charge in [-0.15, -0.1) is 10.2 Å². The predicted octanol–water partition coefficient (Wildman–Crippen LogP) is 7.34. The number of alkyl halides is 3. The SMILES string of the molecule is O=C(c1nnc(-c2cccnc2)o1)c1c(C(F)(F)F)n(Cc2ccc(Cl)cc2Cl)c2ccc(Cl)cc12. The van der Waals surface area contributed by atoms with Gasteiger partial charge in [-0.1, -0.05) is 40.9 Å². The van der Waals surface area contributed by atoms with E-state index in [2.05, 4.69) is 15.2 Å². The first-order valence-electron chi connectivity index (χ1n) is 10.2. The molecule has 0 atom stereocenters. The van der Waals surface area contributed by atoms with E-state index in [9.17, 15) is 18.0 Å². The number of ketones is 1. The molecule has 3 aromatic heterocycles. The molecule has 0 aliphatic rings. The Bertz CT molecular complexity index is 1610. The number of carbonyl (C=O) groups excluding carboxylic acids is 1. The van der Waals surface area contributed by atoms with Crippen LogP contribution in [0.3, 0.4) is 0 Å². The Morgan fingerprint density at radius 2 is 1.75 bits per heavy atom. The summed E-state index contributed by atoms with van der Waals surface area (Å²) in [4.78, 5) is 17.4. The second-order valence-corrected chi connectivity index (χ2v) is 8.97. The van der Waals surface area contributed by atoms with Crippen molar-refractivity contribution >= 4 is 51.5 Å². The first-order chi connectivity index (χ1) is 17.1. The largest absolute Gasteiger partial charge is 0.432 e. The molecule has 2 aromatic carbocycles. The third-order valence-corrected chi connectivity index (χ3v) is 6.21. The lowest BCUT2D eigenvalue weighted by Gasteiger charge is -2.15. The standard InChI is InChI=1S/C24H12Cl3F3N4O2/c25-14-5-6-18-16(8-14)19(20(35)23-33-32-22(36-23)12-2-1-7-31-10-12)21(24(28,29)30)34(18)11-13-3-4-15(26)9-17(13)27/h1-10H,11H2. The first-order valence-corrected chi connectivity index (χ1v) is 11.4. The van der Waals surface area contributed by atoms with E-state index in [-0.39, 0.29) is 33.4 Å². The highest BCUT2D eigenvalue weighted by Gasteiger charge is 2.42. The maximum atomic E-state index is 14.5. The molecule has 0 radical (unpaired) electrons. The van der Waals surface area contributed by atoms with Crippen LogP contribution in [0.1, 0.15) is 27.5 Å². The predicted molar refractivity (Wildman–Crippen MR) is 128 cm³/mol. The van der Waals surface area contributed by atoms with Crippen LogP contribution < -0.4 is 0 Å². The van der Waals surface area contributed by atoms with Crippen molar-refractivity contribution in [1.82, 2.24) is 19.7 Å². The summed E-state index contributed by atoms with van der Waals surface area (Å²) in [5, 5.41) is 8.13. The zero-order chi connectivity index (χ0) is 25.6. The average Bonchev–Trinajstić information content (AvgIpc) is 3.44. The smallest absolute Gasteiger partial charge is 0.413 e. The van der Waals surface area contributed by atoms with Gasteiger partial charge < -0.3 is 8.98 Å². The molecule has 0 bridgehead atoms. The quantitative estimate of drug-likeness (QED) is 0.214. The number of fused-ring (bicyclic) bond motifs is 1. The highest BCUT2D eigenvalue weighted by atomic mass is 35.5. The summed E-state index contributed by atoms with van der Waals surface area (Å²) < 4.78 is 50.0. The van der Waals surface area contributed by atoms with E-state index in [0.717, 1.165) is 4.57 Å². The van der Waals surface area contributed by atoms with Crippen molar-refractivity contribution in [1.29, 1.82) is 0 Å². The van der Waals surface area contributed by atoms with Crippen molar-refractivity contribution in [2.24, 2.45) is 0 Å². The second kappa shape index (κ2) is 9.24. The Labute approximate surface area is 216 Å². The Hall–Kier alpha value is -3.40. The molecule has 0 N–H and O–H groups in total. The van der Waals surface area contributed by atoms with Crippen LogP contribution in [0.25, 0.3) is 22.4 Å². The average molecular weight is 552 g/mol. The zero-order valence-electron chi connectivity index (χ0n) is 17.9. The number of benzene rings is 2. The van der Waals surface area contributed by atoms with Crippen LogP contribution in [0.4, 0.5) is 13.2 Å². The third kappa shape index (κ3) is 4.45. The number of aromatic nitrogens is 4. The highest BCUT2D eigenvalue weighted by Crippen LogP contribution is 2.41. The van der Waals surface area contributed by atoms with Crippen LogP contribution in [0.2, 0.25) is 15.1 Å². The summed E-state index contributed by atoms with van der Waals surface area (Å²) in [6.45, 7) is -0.291. The van der Waals surface area contributed by atoms with Crippen LogP contribution in [0.15, 0.2) is 65.3 Å². The number of hydrogen-bond acceptors (Lipinski definition) is 5. The number of nitrogens with zero attached hydrogens (tertiary/aromatic N) is 4. The second-order valence-electron chi connectivity index (χ2n) is 7.69. The van der Waals surface area contributed by atoms with E-state index >= 15 is 0 Å². The third-order valence-electron chi connectivity index (χ3n) is 5.39. The van der Waals surface area contributed by atoms with Gasteiger partial charge in [0.2, 0.25) is 5.89 Å². The molecule has 0 unspecified atom stereocenters. The van der Waals surface area contributed by atoms with E-state index in [0.29, 0.717) is 16.1 Å². The molecule has 6 nitrogen and oxygen atoms in total. The van der Waals surface area contributed by atoms with E-state index < -0.39 is 29.1 Å². The molecular weight excluding hydrogens is 540 g/mol. The first kappa shape index (κ1) is 24.3. The fraction of sp³-hybridized carbons (Fsp3) is 0.0833.